The number of esters is 1. The Labute approximate surface area is 114 Å². The summed E-state index contributed by atoms with van der Waals surface area (Å²) < 4.78 is 7.10. The van der Waals surface area contributed by atoms with Gasteiger partial charge in [-0.05, 0) is 32.6 Å². The molecule has 1 aromatic rings. The first kappa shape index (κ1) is 14.1. The van der Waals surface area contributed by atoms with Gasteiger partial charge in [-0.15, -0.1) is 0 Å². The lowest BCUT2D eigenvalue weighted by molar-refractivity contribution is -0.149. The number of aromatic nitrogens is 2. The topological polar surface area (TPSA) is 56.1 Å². The van der Waals surface area contributed by atoms with E-state index in [1.165, 1.54) is 0 Å². The van der Waals surface area contributed by atoms with Gasteiger partial charge in [-0.25, -0.2) is 4.98 Å². The predicted octanol–water partition coefficient (Wildman–Crippen LogP) is 1.63. The van der Waals surface area contributed by atoms with Gasteiger partial charge in [0, 0.05) is 25.5 Å². The highest BCUT2D eigenvalue weighted by atomic mass is 16.5. The molecule has 5 nitrogen and oxygen atoms in total. The minimum absolute atomic E-state index is 0.0231. The van der Waals surface area contributed by atoms with Crippen LogP contribution in [0.15, 0.2) is 12.4 Å². The third-order valence-corrected chi connectivity index (χ3v) is 3.82. The summed E-state index contributed by atoms with van der Waals surface area (Å²) in [6.45, 7) is 3.13. The number of nitrogens with one attached hydrogen (secondary N) is 1. The molecule has 19 heavy (non-hydrogen) atoms. The van der Waals surface area contributed by atoms with E-state index in [0.717, 1.165) is 38.1 Å². The first-order valence-electron chi connectivity index (χ1n) is 7.07. The van der Waals surface area contributed by atoms with Crippen molar-refractivity contribution in [1.82, 2.24) is 14.9 Å². The van der Waals surface area contributed by atoms with Crippen LogP contribution < -0.4 is 5.32 Å². The fraction of sp³-hybridized carbons (Fsp3) is 0.714. The van der Waals surface area contributed by atoms with E-state index >= 15 is 0 Å². The second-order valence-electron chi connectivity index (χ2n) is 5.14. The summed E-state index contributed by atoms with van der Waals surface area (Å²) in [6.07, 6.45) is 7.69. The van der Waals surface area contributed by atoms with Crippen LogP contribution in [-0.2, 0) is 23.1 Å². The molecule has 1 saturated carbocycles. The van der Waals surface area contributed by atoms with E-state index in [2.05, 4.69) is 10.3 Å². The summed E-state index contributed by atoms with van der Waals surface area (Å²) in [7, 11) is 2.00. The Morgan fingerprint density at radius 2 is 2.21 bits per heavy atom. The van der Waals surface area contributed by atoms with Crippen molar-refractivity contribution >= 4 is 5.97 Å². The lowest BCUT2D eigenvalue weighted by Crippen LogP contribution is -2.35. The molecule has 0 bridgehead atoms. The highest BCUT2D eigenvalue weighted by Crippen LogP contribution is 2.25. The van der Waals surface area contributed by atoms with E-state index in [9.17, 15) is 4.79 Å². The fourth-order valence-electron chi connectivity index (χ4n) is 2.60. The van der Waals surface area contributed by atoms with Crippen LogP contribution in [0.3, 0.4) is 0 Å². The maximum atomic E-state index is 11.6. The molecule has 1 aromatic heterocycles. The minimum atomic E-state index is -0.0231. The van der Waals surface area contributed by atoms with Crippen molar-refractivity contribution in [2.75, 3.05) is 6.61 Å². The summed E-state index contributed by atoms with van der Waals surface area (Å²) in [5.74, 6) is 1.13. The number of ether oxygens (including phenoxy) is 1. The molecule has 0 saturated heterocycles. The molecular formula is C14H23N3O2. The van der Waals surface area contributed by atoms with Gasteiger partial charge in [0.1, 0.15) is 5.82 Å². The molecule has 0 atom stereocenters. The molecule has 1 N–H and O–H groups in total. The molecule has 5 heteroatoms. The first-order chi connectivity index (χ1) is 9.20. The van der Waals surface area contributed by atoms with E-state index < -0.39 is 0 Å². The van der Waals surface area contributed by atoms with Gasteiger partial charge in [-0.1, -0.05) is 0 Å². The van der Waals surface area contributed by atoms with Gasteiger partial charge in [-0.2, -0.15) is 0 Å². The number of nitrogens with zero attached hydrogens (tertiary/aromatic N) is 2. The van der Waals surface area contributed by atoms with Crippen molar-refractivity contribution < 1.29 is 9.53 Å². The molecular weight excluding hydrogens is 242 g/mol. The second-order valence-corrected chi connectivity index (χ2v) is 5.14. The van der Waals surface area contributed by atoms with E-state index in [1.807, 2.05) is 30.9 Å². The maximum absolute atomic E-state index is 11.6. The molecule has 0 spiro atoms. The third kappa shape index (κ3) is 3.80. The maximum Gasteiger partial charge on any atom is 0.308 e. The lowest BCUT2D eigenvalue weighted by Gasteiger charge is -2.27. The largest absolute Gasteiger partial charge is 0.466 e. The Morgan fingerprint density at radius 1 is 1.47 bits per heavy atom. The molecule has 0 aliphatic heterocycles. The van der Waals surface area contributed by atoms with E-state index in [-0.39, 0.29) is 11.9 Å². The number of rotatable bonds is 5. The Hall–Kier alpha value is -1.36. The van der Waals surface area contributed by atoms with Crippen LogP contribution in [0.5, 0.6) is 0 Å². The standard InChI is InChI=1S/C14H23N3O2/c1-3-19-14(18)11-4-6-12(7-5-11)16-10-13-15-8-9-17(13)2/h8-9,11-12,16H,3-7,10H2,1-2H3. The van der Waals surface area contributed by atoms with Gasteiger partial charge in [0.15, 0.2) is 0 Å². The summed E-state index contributed by atoms with van der Waals surface area (Å²) in [5.41, 5.74) is 0. The SMILES string of the molecule is CCOC(=O)C1CCC(NCc2nccn2C)CC1. The molecule has 1 aliphatic carbocycles. The van der Waals surface area contributed by atoms with Crippen LogP contribution in [0.4, 0.5) is 0 Å². The molecule has 1 heterocycles. The Morgan fingerprint density at radius 3 is 2.79 bits per heavy atom. The Balaban J connectivity index is 1.72. The lowest BCUT2D eigenvalue weighted by atomic mass is 9.86. The van der Waals surface area contributed by atoms with Crippen molar-refractivity contribution in [3.8, 4) is 0 Å². The number of imidazole rings is 1. The average molecular weight is 265 g/mol. The van der Waals surface area contributed by atoms with Crippen molar-refractivity contribution in [1.29, 1.82) is 0 Å². The van der Waals surface area contributed by atoms with Crippen molar-refractivity contribution in [2.24, 2.45) is 13.0 Å². The molecule has 106 valence electrons. The Bertz CT molecular complexity index is 409. The van der Waals surface area contributed by atoms with E-state index in [4.69, 9.17) is 4.74 Å². The normalized spacial score (nSPS) is 23.3. The van der Waals surface area contributed by atoms with Crippen molar-refractivity contribution in [2.45, 2.75) is 45.2 Å². The summed E-state index contributed by atoms with van der Waals surface area (Å²) >= 11 is 0. The van der Waals surface area contributed by atoms with Crippen LogP contribution in [0, 0.1) is 5.92 Å². The predicted molar refractivity (Wildman–Crippen MR) is 72.4 cm³/mol. The number of hydrogen-bond acceptors (Lipinski definition) is 4. The molecule has 1 fully saturated rings. The molecule has 0 unspecified atom stereocenters. The van der Waals surface area contributed by atoms with E-state index in [1.54, 1.807) is 0 Å². The molecule has 1 aliphatic rings. The van der Waals surface area contributed by atoms with Gasteiger partial charge < -0.3 is 14.6 Å². The fourth-order valence-corrected chi connectivity index (χ4v) is 2.60. The summed E-state index contributed by atoms with van der Waals surface area (Å²) in [6, 6.07) is 0.488. The second kappa shape index (κ2) is 6.70. The van der Waals surface area contributed by atoms with Gasteiger partial charge in [0.25, 0.3) is 0 Å². The molecule has 2 rings (SSSR count). The smallest absolute Gasteiger partial charge is 0.308 e. The molecule has 0 amide bonds. The van der Waals surface area contributed by atoms with Crippen molar-refractivity contribution in [3.05, 3.63) is 18.2 Å². The summed E-state index contributed by atoms with van der Waals surface area (Å²) in [5, 5.41) is 3.52. The minimum Gasteiger partial charge on any atom is -0.466 e. The molecule has 0 radical (unpaired) electrons. The first-order valence-corrected chi connectivity index (χ1v) is 7.07. The van der Waals surface area contributed by atoms with Crippen LogP contribution in [-0.4, -0.2) is 28.2 Å². The number of hydrogen-bond donors (Lipinski definition) is 1. The van der Waals surface area contributed by atoms with E-state index in [0.29, 0.717) is 12.6 Å². The van der Waals surface area contributed by atoms with Crippen molar-refractivity contribution in [3.63, 3.8) is 0 Å². The van der Waals surface area contributed by atoms with Gasteiger partial charge in [-0.3, -0.25) is 4.79 Å². The number of aryl methyl sites for hydroxylation is 1. The zero-order chi connectivity index (χ0) is 13.7. The highest BCUT2D eigenvalue weighted by molar-refractivity contribution is 5.72. The molecule has 0 aromatic carbocycles. The van der Waals surface area contributed by atoms with Gasteiger partial charge >= 0.3 is 5.97 Å². The zero-order valence-corrected chi connectivity index (χ0v) is 11.8. The van der Waals surface area contributed by atoms with Crippen LogP contribution in [0.25, 0.3) is 0 Å². The monoisotopic (exact) mass is 265 g/mol. The third-order valence-electron chi connectivity index (χ3n) is 3.82. The average Bonchev–Trinajstić information content (AvgIpc) is 2.83. The summed E-state index contributed by atoms with van der Waals surface area (Å²) in [4.78, 5) is 15.9. The van der Waals surface area contributed by atoms with Crippen LogP contribution >= 0.6 is 0 Å². The number of carbonyl (C=O) groups excluding carboxylic acids is 1. The highest BCUT2D eigenvalue weighted by Gasteiger charge is 2.26. The van der Waals surface area contributed by atoms with Gasteiger partial charge in [0.2, 0.25) is 0 Å². The number of carbonyl (C=O) groups is 1. The zero-order valence-electron chi connectivity index (χ0n) is 11.8. The quantitative estimate of drug-likeness (QED) is 0.822. The van der Waals surface area contributed by atoms with Crippen LogP contribution in [0.2, 0.25) is 0 Å². The Kier molecular flexibility index (Phi) is 4.96. The van der Waals surface area contributed by atoms with Gasteiger partial charge in [0.05, 0.1) is 19.1 Å². The van der Waals surface area contributed by atoms with Crippen LogP contribution in [0.1, 0.15) is 38.4 Å².